The molecule has 10 rings (SSSR count). The van der Waals surface area contributed by atoms with Gasteiger partial charge in [-0.05, 0) is 115 Å². The molecule has 0 nitrogen and oxygen atoms in total. The summed E-state index contributed by atoms with van der Waals surface area (Å²) in [5.74, 6) is 0. The van der Waals surface area contributed by atoms with Gasteiger partial charge in [0.1, 0.15) is 0 Å². The van der Waals surface area contributed by atoms with E-state index in [9.17, 15) is 0 Å². The highest BCUT2D eigenvalue weighted by atomic mass is 14.3. The fourth-order valence-electron chi connectivity index (χ4n) is 7.71. The van der Waals surface area contributed by atoms with Crippen LogP contribution >= 0.6 is 0 Å². The van der Waals surface area contributed by atoms with Crippen LogP contribution in [0.5, 0.6) is 0 Å². The molecule has 6 aromatic carbocycles. The van der Waals surface area contributed by atoms with Crippen molar-refractivity contribution in [2.75, 3.05) is 0 Å². The molecule has 0 aromatic heterocycles. The lowest BCUT2D eigenvalue weighted by Crippen LogP contribution is -1.90. The second kappa shape index (κ2) is 36.8. The van der Waals surface area contributed by atoms with Gasteiger partial charge in [-0.25, -0.2) is 0 Å². The average molecular weight is 851 g/mol. The molecule has 0 heterocycles. The summed E-state index contributed by atoms with van der Waals surface area (Å²) < 4.78 is 0. The predicted octanol–water partition coefficient (Wildman–Crippen LogP) is 21.1. The fraction of sp³-hybridized carbons (Fsp3) is 0.429. The summed E-state index contributed by atoms with van der Waals surface area (Å²) in [6, 6.07) is 44.6. The fourth-order valence-corrected chi connectivity index (χ4v) is 7.71. The second-order valence-corrected chi connectivity index (χ2v) is 13.7. The number of rotatable bonds is 0. The van der Waals surface area contributed by atoms with Crippen LogP contribution in [0.2, 0.25) is 0 Å². The molecule has 0 N–H and O–H groups in total. The minimum atomic E-state index is 1.10. The zero-order chi connectivity index (χ0) is 48.3. The Morgan fingerprint density at radius 2 is 0.365 bits per heavy atom. The van der Waals surface area contributed by atoms with Crippen LogP contribution in [-0.2, 0) is 25.7 Å². The normalized spacial score (nSPS) is 10.2. The van der Waals surface area contributed by atoms with E-state index in [1.165, 1.54) is 86.0 Å². The number of hydrogen-bond donors (Lipinski definition) is 0. The van der Waals surface area contributed by atoms with Crippen LogP contribution in [0.3, 0.4) is 0 Å². The molecule has 346 valence electrons. The molecule has 4 aliphatic carbocycles. The third-order valence-electron chi connectivity index (χ3n) is 9.56. The SMILES string of the molecule is CC.CC.CC.CC.CC.CC.CC.CCC.CCC.CCC.c1ccc2c(c1)Cc1c-2ccc2c1Cc1ccccc1-2.c1ccc2c(c1)Cc1c-2ccc2c1Cc1ccccc1-2. The van der Waals surface area contributed by atoms with E-state index < -0.39 is 0 Å². The molecule has 0 atom stereocenters. The molecule has 0 unspecified atom stereocenters. The van der Waals surface area contributed by atoms with Crippen LogP contribution in [0.1, 0.15) is 202 Å². The summed E-state index contributed by atoms with van der Waals surface area (Å²) in [6.45, 7) is 40.8. The average Bonchev–Trinajstić information content (AvgIpc) is 4.15. The van der Waals surface area contributed by atoms with Crippen LogP contribution in [-0.4, -0.2) is 0 Å². The standard InChI is InChI=1S/2C20H14.3C3H8.7C2H6/c2*1-3-7-15-13(5-1)11-19-17(15)9-10-18-16-8-4-2-6-14(16)12-20(18)19;3*1-3-2;7*1-2/h2*1-10H,11-12H2;3*3H2,1-2H3;7*1-2H3. The van der Waals surface area contributed by atoms with Gasteiger partial charge >= 0.3 is 0 Å². The smallest absolute Gasteiger partial charge is 0.00104 e. The highest BCUT2D eigenvalue weighted by Crippen LogP contribution is 2.47. The molecule has 0 heteroatoms. The first-order valence-electron chi connectivity index (χ1n) is 25.7. The van der Waals surface area contributed by atoms with Crippen molar-refractivity contribution in [3.63, 3.8) is 0 Å². The molecule has 0 saturated heterocycles. The summed E-state index contributed by atoms with van der Waals surface area (Å²) in [5, 5.41) is 0. The Hall–Kier alpha value is -4.68. The van der Waals surface area contributed by atoms with E-state index in [0.29, 0.717) is 0 Å². The molecule has 63 heavy (non-hydrogen) atoms. The monoisotopic (exact) mass is 851 g/mol. The Morgan fingerprint density at radius 1 is 0.222 bits per heavy atom. The molecule has 0 spiro atoms. The van der Waals surface area contributed by atoms with Gasteiger partial charge < -0.3 is 0 Å². The minimum Gasteiger partial charge on any atom is -0.0683 e. The van der Waals surface area contributed by atoms with Crippen molar-refractivity contribution in [1.82, 2.24) is 0 Å². The van der Waals surface area contributed by atoms with Crippen molar-refractivity contribution in [3.8, 4) is 44.5 Å². The molecular weight excluding hydrogens is 757 g/mol. The Balaban J connectivity index is 0. The topological polar surface area (TPSA) is 0 Å². The quantitative estimate of drug-likeness (QED) is 0.143. The van der Waals surface area contributed by atoms with E-state index in [-0.39, 0.29) is 0 Å². The Morgan fingerprint density at radius 3 is 0.524 bits per heavy atom. The largest absolute Gasteiger partial charge is 0.0683 e. The molecule has 0 aliphatic heterocycles. The van der Waals surface area contributed by atoms with Gasteiger partial charge in [-0.2, -0.15) is 0 Å². The molecule has 0 amide bonds. The molecule has 4 aliphatic rings. The van der Waals surface area contributed by atoms with E-state index in [1.54, 1.807) is 22.3 Å². The van der Waals surface area contributed by atoms with Crippen LogP contribution < -0.4 is 0 Å². The first kappa shape index (κ1) is 60.4. The van der Waals surface area contributed by atoms with Crippen LogP contribution in [0.25, 0.3) is 44.5 Å². The number of hydrogen-bond acceptors (Lipinski definition) is 0. The molecular formula is C63H94. The lowest BCUT2D eigenvalue weighted by atomic mass is 9.96. The third-order valence-corrected chi connectivity index (χ3v) is 9.56. The molecule has 0 radical (unpaired) electrons. The van der Waals surface area contributed by atoms with Gasteiger partial charge in [-0.3, -0.25) is 0 Å². The first-order valence-corrected chi connectivity index (χ1v) is 25.7. The number of benzene rings is 6. The Labute approximate surface area is 392 Å². The molecule has 0 fully saturated rings. The van der Waals surface area contributed by atoms with E-state index in [1.807, 2.05) is 96.9 Å². The summed E-state index contributed by atoms with van der Waals surface area (Å²) >= 11 is 0. The van der Waals surface area contributed by atoms with Gasteiger partial charge in [-0.1, -0.05) is 279 Å². The maximum atomic E-state index is 2.32. The first-order chi connectivity index (χ1) is 31.1. The van der Waals surface area contributed by atoms with Crippen LogP contribution in [0.4, 0.5) is 0 Å². The zero-order valence-electron chi connectivity index (χ0n) is 44.5. The summed E-state index contributed by atoms with van der Waals surface area (Å²) in [4.78, 5) is 0. The third kappa shape index (κ3) is 15.8. The van der Waals surface area contributed by atoms with Gasteiger partial charge in [0.2, 0.25) is 0 Å². The Kier molecular flexibility index (Phi) is 35.3. The van der Waals surface area contributed by atoms with E-state index >= 15 is 0 Å². The summed E-state index contributed by atoms with van der Waals surface area (Å²) in [7, 11) is 0. The predicted molar refractivity (Wildman–Crippen MR) is 293 cm³/mol. The second-order valence-electron chi connectivity index (χ2n) is 13.7. The summed E-state index contributed by atoms with van der Waals surface area (Å²) in [6.07, 6.45) is 8.15. The molecule has 6 aromatic rings. The van der Waals surface area contributed by atoms with E-state index in [2.05, 4.69) is 163 Å². The zero-order valence-corrected chi connectivity index (χ0v) is 44.5. The van der Waals surface area contributed by atoms with Crippen molar-refractivity contribution in [3.05, 3.63) is 166 Å². The molecule has 0 saturated carbocycles. The van der Waals surface area contributed by atoms with Crippen LogP contribution in [0, 0.1) is 0 Å². The van der Waals surface area contributed by atoms with E-state index in [0.717, 1.165) is 25.7 Å². The van der Waals surface area contributed by atoms with Gasteiger partial charge in [0, 0.05) is 0 Å². The maximum absolute atomic E-state index is 2.32. The van der Waals surface area contributed by atoms with Gasteiger partial charge in [0.25, 0.3) is 0 Å². The van der Waals surface area contributed by atoms with Gasteiger partial charge in [0.15, 0.2) is 0 Å². The van der Waals surface area contributed by atoms with Crippen molar-refractivity contribution < 1.29 is 0 Å². The molecule has 0 bridgehead atoms. The highest BCUT2D eigenvalue weighted by molar-refractivity contribution is 5.88. The van der Waals surface area contributed by atoms with E-state index in [4.69, 9.17) is 0 Å². The van der Waals surface area contributed by atoms with Crippen molar-refractivity contribution in [2.45, 2.75) is 183 Å². The van der Waals surface area contributed by atoms with Crippen LogP contribution in [0.15, 0.2) is 121 Å². The lowest BCUT2D eigenvalue weighted by Gasteiger charge is -2.07. The van der Waals surface area contributed by atoms with Gasteiger partial charge in [0.05, 0.1) is 0 Å². The highest BCUT2D eigenvalue weighted by Gasteiger charge is 2.28. The summed E-state index contributed by atoms with van der Waals surface area (Å²) in [5.41, 5.74) is 23.7. The Bertz CT molecular complexity index is 1760. The minimum absolute atomic E-state index is 1.10. The van der Waals surface area contributed by atoms with Crippen molar-refractivity contribution in [1.29, 1.82) is 0 Å². The number of fused-ring (bicyclic) bond motifs is 14. The van der Waals surface area contributed by atoms with Gasteiger partial charge in [-0.15, -0.1) is 0 Å². The van der Waals surface area contributed by atoms with Crippen molar-refractivity contribution >= 4 is 0 Å². The maximum Gasteiger partial charge on any atom is -0.00104 e. The van der Waals surface area contributed by atoms with Crippen molar-refractivity contribution in [2.24, 2.45) is 0 Å². The lowest BCUT2D eigenvalue weighted by molar-refractivity contribution is 1.09.